The smallest absolute Gasteiger partial charge is 0.294 e. The summed E-state index contributed by atoms with van der Waals surface area (Å²) in [6.07, 6.45) is 0. The third-order valence-electron chi connectivity index (χ3n) is 1.90. The number of rotatable bonds is 2. The summed E-state index contributed by atoms with van der Waals surface area (Å²) in [4.78, 5) is -0.0666. The Hall–Kier alpha value is -0.910. The van der Waals surface area contributed by atoms with Crippen LogP contribution in [0.4, 0.5) is 0 Å². The van der Waals surface area contributed by atoms with E-state index in [1.807, 2.05) is 14.0 Å². The van der Waals surface area contributed by atoms with Gasteiger partial charge in [0.25, 0.3) is 10.1 Å². The topological polar surface area (TPSA) is 66.4 Å². The Labute approximate surface area is 97.4 Å². The average Bonchev–Trinajstić information content (AvgIpc) is 2.18. The molecule has 0 heterocycles. The van der Waals surface area contributed by atoms with Crippen LogP contribution < -0.4 is 5.32 Å². The monoisotopic (exact) mass is 245 g/mol. The SMILES string of the molecule is CNC(C)C.Cc1ccc(S(=O)(=O)O)cc1. The van der Waals surface area contributed by atoms with Crippen molar-refractivity contribution in [2.45, 2.75) is 31.7 Å². The first-order chi connectivity index (χ1) is 7.27. The van der Waals surface area contributed by atoms with E-state index in [1.54, 1.807) is 12.1 Å². The molecular weight excluding hydrogens is 226 g/mol. The molecule has 0 unspecified atom stereocenters. The first kappa shape index (κ1) is 15.1. The van der Waals surface area contributed by atoms with E-state index in [9.17, 15) is 8.42 Å². The summed E-state index contributed by atoms with van der Waals surface area (Å²) in [5, 5.41) is 3.03. The van der Waals surface area contributed by atoms with Crippen LogP contribution in [0.1, 0.15) is 19.4 Å². The molecule has 0 fully saturated rings. The van der Waals surface area contributed by atoms with Gasteiger partial charge in [0, 0.05) is 6.04 Å². The highest BCUT2D eigenvalue weighted by Crippen LogP contribution is 2.08. The van der Waals surface area contributed by atoms with E-state index in [2.05, 4.69) is 19.2 Å². The van der Waals surface area contributed by atoms with Gasteiger partial charge in [0.05, 0.1) is 4.90 Å². The fourth-order valence-corrected chi connectivity index (χ4v) is 1.19. The standard InChI is InChI=1S/C7H8O3S.C4H11N/c1-6-2-4-7(5-3-6)11(8,9)10;1-4(2)5-3/h2-5H,1H3,(H,8,9,10);4-5H,1-3H3. The molecule has 1 aromatic carbocycles. The largest absolute Gasteiger partial charge is 0.318 e. The Morgan fingerprint density at radius 3 is 1.81 bits per heavy atom. The molecule has 1 aromatic rings. The molecule has 0 bridgehead atoms. The molecule has 2 N–H and O–H groups in total. The number of hydrogen-bond donors (Lipinski definition) is 2. The molecule has 4 nitrogen and oxygen atoms in total. The fourth-order valence-electron chi connectivity index (χ4n) is 0.710. The van der Waals surface area contributed by atoms with Crippen LogP contribution in [0, 0.1) is 6.92 Å². The molecule has 0 saturated carbocycles. The molecule has 0 saturated heterocycles. The van der Waals surface area contributed by atoms with Gasteiger partial charge in [0.15, 0.2) is 0 Å². The Kier molecular flexibility index (Phi) is 6.25. The lowest BCUT2D eigenvalue weighted by Crippen LogP contribution is -2.15. The lowest BCUT2D eigenvalue weighted by atomic mass is 10.2. The van der Waals surface area contributed by atoms with Crippen molar-refractivity contribution in [3.05, 3.63) is 29.8 Å². The van der Waals surface area contributed by atoms with Gasteiger partial charge in [-0.25, -0.2) is 0 Å². The van der Waals surface area contributed by atoms with Crippen molar-refractivity contribution < 1.29 is 13.0 Å². The van der Waals surface area contributed by atoms with Gasteiger partial charge in [0.1, 0.15) is 0 Å². The van der Waals surface area contributed by atoms with E-state index in [0.29, 0.717) is 6.04 Å². The Morgan fingerprint density at radius 1 is 1.19 bits per heavy atom. The molecule has 0 atom stereocenters. The van der Waals surface area contributed by atoms with Gasteiger partial charge in [-0.05, 0) is 26.1 Å². The number of aryl methyl sites for hydroxylation is 1. The third-order valence-corrected chi connectivity index (χ3v) is 2.76. The summed E-state index contributed by atoms with van der Waals surface area (Å²) in [6, 6.07) is 6.62. The van der Waals surface area contributed by atoms with Gasteiger partial charge in [-0.3, -0.25) is 4.55 Å². The second-order valence-electron chi connectivity index (χ2n) is 3.73. The van der Waals surface area contributed by atoms with Crippen molar-refractivity contribution in [3.63, 3.8) is 0 Å². The molecule has 0 aliphatic heterocycles. The van der Waals surface area contributed by atoms with Crippen LogP contribution in [0.2, 0.25) is 0 Å². The van der Waals surface area contributed by atoms with Gasteiger partial charge >= 0.3 is 0 Å². The van der Waals surface area contributed by atoms with Crippen LogP contribution in [-0.4, -0.2) is 26.1 Å². The normalized spacial score (nSPS) is 10.9. The summed E-state index contributed by atoms with van der Waals surface area (Å²) in [6.45, 7) is 6.06. The molecule has 0 spiro atoms. The van der Waals surface area contributed by atoms with Crippen LogP contribution in [0.3, 0.4) is 0 Å². The zero-order valence-corrected chi connectivity index (χ0v) is 10.9. The number of hydrogen-bond acceptors (Lipinski definition) is 3. The summed E-state index contributed by atoms with van der Waals surface area (Å²) in [5.74, 6) is 0. The molecule has 92 valence electrons. The van der Waals surface area contributed by atoms with Crippen molar-refractivity contribution >= 4 is 10.1 Å². The fraction of sp³-hybridized carbons (Fsp3) is 0.455. The summed E-state index contributed by atoms with van der Waals surface area (Å²) in [7, 11) is -2.07. The maximum absolute atomic E-state index is 10.5. The van der Waals surface area contributed by atoms with Gasteiger partial charge < -0.3 is 5.32 Å². The highest BCUT2D eigenvalue weighted by atomic mass is 32.2. The Balaban J connectivity index is 0.000000385. The number of benzene rings is 1. The van der Waals surface area contributed by atoms with E-state index in [1.165, 1.54) is 12.1 Å². The van der Waals surface area contributed by atoms with Crippen LogP contribution >= 0.6 is 0 Å². The lowest BCUT2D eigenvalue weighted by molar-refractivity contribution is 0.483. The highest BCUT2D eigenvalue weighted by molar-refractivity contribution is 7.85. The minimum absolute atomic E-state index is 0.0666. The van der Waals surface area contributed by atoms with Gasteiger partial charge in [-0.2, -0.15) is 8.42 Å². The van der Waals surface area contributed by atoms with Crippen LogP contribution in [0.5, 0.6) is 0 Å². The van der Waals surface area contributed by atoms with E-state index < -0.39 is 10.1 Å². The van der Waals surface area contributed by atoms with Gasteiger partial charge in [-0.15, -0.1) is 0 Å². The Morgan fingerprint density at radius 2 is 1.56 bits per heavy atom. The molecule has 0 radical (unpaired) electrons. The summed E-state index contributed by atoms with van der Waals surface area (Å²) < 4.78 is 29.6. The van der Waals surface area contributed by atoms with Gasteiger partial charge in [-0.1, -0.05) is 31.5 Å². The highest BCUT2D eigenvalue weighted by Gasteiger charge is 2.06. The van der Waals surface area contributed by atoms with Crippen LogP contribution in [0.25, 0.3) is 0 Å². The number of nitrogens with one attached hydrogen (secondary N) is 1. The molecular formula is C11H19NO3S. The summed E-state index contributed by atoms with van der Waals surface area (Å²) >= 11 is 0. The zero-order chi connectivity index (χ0) is 12.8. The second kappa shape index (κ2) is 6.62. The van der Waals surface area contributed by atoms with Crippen molar-refractivity contribution in [2.75, 3.05) is 7.05 Å². The van der Waals surface area contributed by atoms with Crippen molar-refractivity contribution in [2.24, 2.45) is 0 Å². The molecule has 0 aromatic heterocycles. The van der Waals surface area contributed by atoms with Crippen LogP contribution in [-0.2, 0) is 10.1 Å². The second-order valence-corrected chi connectivity index (χ2v) is 5.15. The third kappa shape index (κ3) is 6.55. The molecule has 0 aliphatic rings. The predicted octanol–water partition coefficient (Wildman–Crippen LogP) is 1.86. The van der Waals surface area contributed by atoms with E-state index in [-0.39, 0.29) is 4.90 Å². The predicted molar refractivity (Wildman–Crippen MR) is 65.2 cm³/mol. The van der Waals surface area contributed by atoms with E-state index in [0.717, 1.165) is 5.56 Å². The summed E-state index contributed by atoms with van der Waals surface area (Å²) in [5.41, 5.74) is 0.956. The minimum atomic E-state index is -4.02. The van der Waals surface area contributed by atoms with E-state index >= 15 is 0 Å². The van der Waals surface area contributed by atoms with Crippen molar-refractivity contribution in [1.82, 2.24) is 5.32 Å². The molecule has 16 heavy (non-hydrogen) atoms. The minimum Gasteiger partial charge on any atom is -0.318 e. The molecule has 0 amide bonds. The van der Waals surface area contributed by atoms with E-state index in [4.69, 9.17) is 4.55 Å². The van der Waals surface area contributed by atoms with Crippen molar-refractivity contribution in [3.8, 4) is 0 Å². The molecule has 5 heteroatoms. The maximum Gasteiger partial charge on any atom is 0.294 e. The Bertz CT molecular complexity index is 396. The maximum atomic E-state index is 10.5. The quantitative estimate of drug-likeness (QED) is 0.780. The zero-order valence-electron chi connectivity index (χ0n) is 10.1. The van der Waals surface area contributed by atoms with Gasteiger partial charge in [0.2, 0.25) is 0 Å². The average molecular weight is 245 g/mol. The molecule has 0 aliphatic carbocycles. The molecule has 1 rings (SSSR count). The lowest BCUT2D eigenvalue weighted by Gasteiger charge is -1.95. The van der Waals surface area contributed by atoms with Crippen molar-refractivity contribution in [1.29, 1.82) is 0 Å². The first-order valence-corrected chi connectivity index (χ1v) is 6.42. The van der Waals surface area contributed by atoms with Crippen LogP contribution in [0.15, 0.2) is 29.2 Å². The first-order valence-electron chi connectivity index (χ1n) is 4.98.